The first-order valence-electron chi connectivity index (χ1n) is 3.94. The Hall–Kier alpha value is -0.0900. The molecule has 0 aliphatic heterocycles. The zero-order valence-electron chi connectivity index (χ0n) is 7.21. The van der Waals surface area contributed by atoms with E-state index in [2.05, 4.69) is 0 Å². The number of rotatable bonds is 5. The van der Waals surface area contributed by atoms with Crippen LogP contribution in [-0.2, 0) is 9.84 Å². The highest BCUT2D eigenvalue weighted by Crippen LogP contribution is 1.98. The maximum atomic E-state index is 11.1. The van der Waals surface area contributed by atoms with Crippen LogP contribution in [0.4, 0.5) is 0 Å². The summed E-state index contributed by atoms with van der Waals surface area (Å²) in [5.74, 6) is 0.401. The molecule has 0 heterocycles. The van der Waals surface area contributed by atoms with E-state index in [9.17, 15) is 8.42 Å². The van der Waals surface area contributed by atoms with Crippen LogP contribution in [0.1, 0.15) is 26.7 Å². The summed E-state index contributed by atoms with van der Waals surface area (Å²) in [5, 5.41) is 0. The molecule has 0 rings (SSSR count). The lowest BCUT2D eigenvalue weighted by atomic mass is 10.4. The van der Waals surface area contributed by atoms with Crippen LogP contribution < -0.4 is 5.73 Å². The smallest absolute Gasteiger partial charge is 0.151 e. The molecule has 0 spiro atoms. The fraction of sp³-hybridized carbons (Fsp3) is 1.00. The van der Waals surface area contributed by atoms with Crippen LogP contribution in [0.25, 0.3) is 0 Å². The monoisotopic (exact) mass is 179 g/mol. The molecule has 1 atom stereocenters. The Labute approximate surface area is 68.9 Å². The minimum atomic E-state index is -2.87. The number of sulfone groups is 1. The van der Waals surface area contributed by atoms with E-state index in [1.54, 1.807) is 6.92 Å². The van der Waals surface area contributed by atoms with Gasteiger partial charge in [0.1, 0.15) is 0 Å². The molecular formula is C7H17NO2S. The molecule has 3 nitrogen and oxygen atoms in total. The predicted octanol–water partition coefficient (Wildman–Crippen LogP) is 0.549. The van der Waals surface area contributed by atoms with E-state index in [1.165, 1.54) is 0 Å². The van der Waals surface area contributed by atoms with E-state index < -0.39 is 9.84 Å². The molecule has 0 saturated carbocycles. The Morgan fingerprint density at radius 3 is 2.36 bits per heavy atom. The van der Waals surface area contributed by atoms with Gasteiger partial charge < -0.3 is 5.73 Å². The lowest BCUT2D eigenvalue weighted by Gasteiger charge is -2.05. The van der Waals surface area contributed by atoms with Gasteiger partial charge >= 0.3 is 0 Å². The van der Waals surface area contributed by atoms with Crippen molar-refractivity contribution in [1.29, 1.82) is 0 Å². The Kier molecular flexibility index (Phi) is 4.68. The van der Waals surface area contributed by atoms with Gasteiger partial charge in [0.15, 0.2) is 9.84 Å². The molecule has 11 heavy (non-hydrogen) atoms. The van der Waals surface area contributed by atoms with Crippen LogP contribution in [0.15, 0.2) is 0 Å². The van der Waals surface area contributed by atoms with Crippen LogP contribution >= 0.6 is 0 Å². The lowest BCUT2D eigenvalue weighted by Crippen LogP contribution is -2.27. The van der Waals surface area contributed by atoms with Crippen molar-refractivity contribution in [3.63, 3.8) is 0 Å². The quantitative estimate of drug-likeness (QED) is 0.670. The Morgan fingerprint density at radius 1 is 1.45 bits per heavy atom. The average Bonchev–Trinajstić information content (AvgIpc) is 1.81. The molecule has 0 radical (unpaired) electrons. The van der Waals surface area contributed by atoms with Crippen molar-refractivity contribution in [3.8, 4) is 0 Å². The summed E-state index contributed by atoms with van der Waals surface area (Å²) >= 11 is 0. The lowest BCUT2D eigenvalue weighted by molar-refractivity contribution is 0.587. The summed E-state index contributed by atoms with van der Waals surface area (Å²) in [7, 11) is -2.87. The summed E-state index contributed by atoms with van der Waals surface area (Å²) in [6.07, 6.45) is 1.66. The van der Waals surface area contributed by atoms with Gasteiger partial charge in [-0.05, 0) is 13.3 Å². The summed E-state index contributed by atoms with van der Waals surface area (Å²) in [4.78, 5) is 0. The van der Waals surface area contributed by atoms with Crippen LogP contribution in [0, 0.1) is 0 Å². The van der Waals surface area contributed by atoms with Gasteiger partial charge in [-0.1, -0.05) is 13.3 Å². The molecular weight excluding hydrogens is 162 g/mol. The maximum absolute atomic E-state index is 11.1. The van der Waals surface area contributed by atoms with Crippen molar-refractivity contribution < 1.29 is 8.42 Å². The molecule has 1 unspecified atom stereocenters. The first kappa shape index (κ1) is 10.9. The Morgan fingerprint density at radius 2 is 2.00 bits per heavy atom. The molecule has 4 heteroatoms. The van der Waals surface area contributed by atoms with Crippen LogP contribution in [0.2, 0.25) is 0 Å². The molecule has 2 N–H and O–H groups in total. The largest absolute Gasteiger partial charge is 0.327 e. The molecule has 68 valence electrons. The minimum absolute atomic E-state index is 0.118. The molecule has 0 aromatic rings. The second kappa shape index (κ2) is 4.72. The molecule has 0 aliphatic rings. The van der Waals surface area contributed by atoms with Crippen molar-refractivity contribution in [3.05, 3.63) is 0 Å². The first-order chi connectivity index (χ1) is 4.98. The molecule has 0 saturated heterocycles. The molecule has 0 aromatic carbocycles. The fourth-order valence-electron chi connectivity index (χ4n) is 0.848. The number of unbranched alkanes of at least 4 members (excludes halogenated alkanes) is 1. The van der Waals surface area contributed by atoms with Gasteiger partial charge in [0.05, 0.1) is 11.5 Å². The number of hydrogen-bond acceptors (Lipinski definition) is 3. The van der Waals surface area contributed by atoms with E-state index >= 15 is 0 Å². The van der Waals surface area contributed by atoms with Crippen molar-refractivity contribution >= 4 is 9.84 Å². The number of hydrogen-bond donors (Lipinski definition) is 1. The van der Waals surface area contributed by atoms with Gasteiger partial charge in [-0.15, -0.1) is 0 Å². The summed E-state index contributed by atoms with van der Waals surface area (Å²) in [6.45, 7) is 3.69. The third-order valence-electron chi connectivity index (χ3n) is 1.33. The average molecular weight is 179 g/mol. The summed E-state index contributed by atoms with van der Waals surface area (Å²) in [5.41, 5.74) is 5.37. The van der Waals surface area contributed by atoms with Gasteiger partial charge in [-0.3, -0.25) is 0 Å². The van der Waals surface area contributed by atoms with E-state index in [4.69, 9.17) is 5.73 Å². The highest BCUT2D eigenvalue weighted by Gasteiger charge is 2.11. The van der Waals surface area contributed by atoms with Gasteiger partial charge in [0.25, 0.3) is 0 Å². The van der Waals surface area contributed by atoms with Crippen molar-refractivity contribution in [2.45, 2.75) is 32.7 Å². The van der Waals surface area contributed by atoms with Gasteiger partial charge in [-0.25, -0.2) is 8.42 Å². The van der Waals surface area contributed by atoms with Gasteiger partial charge in [-0.2, -0.15) is 0 Å². The number of nitrogens with two attached hydrogens (primary N) is 1. The second-order valence-electron chi connectivity index (χ2n) is 2.95. The summed E-state index contributed by atoms with van der Waals surface area (Å²) in [6, 6.07) is -0.239. The van der Waals surface area contributed by atoms with Gasteiger partial charge in [0.2, 0.25) is 0 Å². The van der Waals surface area contributed by atoms with E-state index in [0.717, 1.165) is 12.8 Å². The Balaban J connectivity index is 3.82. The topological polar surface area (TPSA) is 60.2 Å². The molecule has 0 bridgehead atoms. The molecule has 0 aliphatic carbocycles. The SMILES string of the molecule is CCCCS(=O)(=O)CC(C)N. The van der Waals surface area contributed by atoms with Crippen molar-refractivity contribution in [2.75, 3.05) is 11.5 Å². The minimum Gasteiger partial charge on any atom is -0.327 e. The van der Waals surface area contributed by atoms with Gasteiger partial charge in [0, 0.05) is 6.04 Å². The van der Waals surface area contributed by atoms with Crippen LogP contribution in [0.3, 0.4) is 0 Å². The highest BCUT2D eigenvalue weighted by atomic mass is 32.2. The molecule has 0 fully saturated rings. The van der Waals surface area contributed by atoms with Crippen LogP contribution in [0.5, 0.6) is 0 Å². The molecule has 0 aromatic heterocycles. The van der Waals surface area contributed by atoms with E-state index in [0.29, 0.717) is 0 Å². The predicted molar refractivity (Wildman–Crippen MR) is 47.2 cm³/mol. The van der Waals surface area contributed by atoms with Crippen molar-refractivity contribution in [1.82, 2.24) is 0 Å². The zero-order chi connectivity index (χ0) is 8.91. The third kappa shape index (κ3) is 6.31. The highest BCUT2D eigenvalue weighted by molar-refractivity contribution is 7.91. The third-order valence-corrected chi connectivity index (χ3v) is 3.27. The van der Waals surface area contributed by atoms with E-state index in [-0.39, 0.29) is 17.5 Å². The maximum Gasteiger partial charge on any atom is 0.151 e. The molecule has 0 amide bonds. The van der Waals surface area contributed by atoms with Crippen molar-refractivity contribution in [2.24, 2.45) is 5.73 Å². The first-order valence-corrected chi connectivity index (χ1v) is 5.76. The normalized spacial score (nSPS) is 14.8. The van der Waals surface area contributed by atoms with E-state index in [1.807, 2.05) is 6.92 Å². The fourth-order valence-corrected chi connectivity index (χ4v) is 2.54. The van der Waals surface area contributed by atoms with Crippen LogP contribution in [-0.4, -0.2) is 26.0 Å². The Bertz CT molecular complexity index is 185. The zero-order valence-corrected chi connectivity index (χ0v) is 8.02. The second-order valence-corrected chi connectivity index (χ2v) is 5.17. The summed E-state index contributed by atoms with van der Waals surface area (Å²) < 4.78 is 22.2. The standard InChI is InChI=1S/C7H17NO2S/c1-3-4-5-11(9,10)6-7(2)8/h7H,3-6,8H2,1-2H3.